The van der Waals surface area contributed by atoms with Crippen LogP contribution in [0, 0.1) is 0 Å². The lowest BCUT2D eigenvalue weighted by molar-refractivity contribution is -0.146. The van der Waals surface area contributed by atoms with Crippen LogP contribution in [0.25, 0.3) is 0 Å². The molecule has 0 spiro atoms. The predicted molar refractivity (Wildman–Crippen MR) is 44.2 cm³/mol. The number of hydrogen-bond acceptors (Lipinski definition) is 4. The van der Waals surface area contributed by atoms with Crippen molar-refractivity contribution in [2.75, 3.05) is 20.3 Å². The maximum Gasteiger partial charge on any atom is 0.376 e. The maximum atomic E-state index is 10.7. The Bertz CT molecular complexity index is 211. The number of carboxylic acids is 1. The van der Waals surface area contributed by atoms with Gasteiger partial charge in [0, 0.05) is 13.2 Å². The molecule has 0 saturated heterocycles. The number of rotatable bonds is 6. The van der Waals surface area contributed by atoms with Crippen molar-refractivity contribution in [3.05, 3.63) is 11.8 Å². The average molecular weight is 188 g/mol. The van der Waals surface area contributed by atoms with Gasteiger partial charge in [-0.2, -0.15) is 0 Å². The number of aliphatic carboxylic acids is 1. The van der Waals surface area contributed by atoms with Crippen LogP contribution in [0.1, 0.15) is 6.92 Å². The third kappa shape index (κ3) is 4.97. The van der Waals surface area contributed by atoms with Crippen molar-refractivity contribution in [1.29, 1.82) is 0 Å². The van der Waals surface area contributed by atoms with Crippen molar-refractivity contribution >= 4 is 11.8 Å². The van der Waals surface area contributed by atoms with Crippen LogP contribution >= 0.6 is 0 Å². The van der Waals surface area contributed by atoms with Gasteiger partial charge in [-0.15, -0.1) is 0 Å². The van der Waals surface area contributed by atoms with Gasteiger partial charge in [-0.3, -0.25) is 4.79 Å². The van der Waals surface area contributed by atoms with Gasteiger partial charge in [0.15, 0.2) is 0 Å². The fourth-order valence-electron chi connectivity index (χ4n) is 0.661. The van der Waals surface area contributed by atoms with Gasteiger partial charge in [0.2, 0.25) is 0 Å². The molecule has 0 atom stereocenters. The highest BCUT2D eigenvalue weighted by Crippen LogP contribution is 1.98. The van der Waals surface area contributed by atoms with E-state index in [1.54, 1.807) is 6.92 Å². The molecule has 1 N–H and O–H groups in total. The van der Waals surface area contributed by atoms with Gasteiger partial charge in [0.1, 0.15) is 12.4 Å². The van der Waals surface area contributed by atoms with Crippen molar-refractivity contribution in [3.8, 4) is 0 Å². The molecule has 0 bridgehead atoms. The fourth-order valence-corrected chi connectivity index (χ4v) is 0.661. The third-order valence-electron chi connectivity index (χ3n) is 1.12. The minimum absolute atomic E-state index is 0.0901. The molecule has 0 aliphatic carbocycles. The van der Waals surface area contributed by atoms with Crippen LogP contribution in [0.5, 0.6) is 0 Å². The van der Waals surface area contributed by atoms with E-state index in [9.17, 15) is 9.59 Å². The second kappa shape index (κ2) is 6.19. The first-order valence-corrected chi connectivity index (χ1v) is 3.71. The van der Waals surface area contributed by atoms with Gasteiger partial charge < -0.3 is 14.6 Å². The first-order valence-electron chi connectivity index (χ1n) is 3.71. The summed E-state index contributed by atoms with van der Waals surface area (Å²) in [7, 11) is 1.43. The molecule has 5 nitrogen and oxygen atoms in total. The second-order valence-electron chi connectivity index (χ2n) is 2.15. The molecule has 0 unspecified atom stereocenters. The Balaban J connectivity index is 4.32. The molecule has 0 aliphatic heterocycles. The zero-order chi connectivity index (χ0) is 10.3. The topological polar surface area (TPSA) is 72.8 Å². The Morgan fingerprint density at radius 2 is 2.08 bits per heavy atom. The van der Waals surface area contributed by atoms with E-state index >= 15 is 0 Å². The first-order chi connectivity index (χ1) is 6.11. The van der Waals surface area contributed by atoms with E-state index < -0.39 is 11.8 Å². The summed E-state index contributed by atoms with van der Waals surface area (Å²) in [6.07, 6.45) is 0.912. The lowest BCUT2D eigenvalue weighted by Crippen LogP contribution is -2.12. The molecule has 0 rings (SSSR count). The zero-order valence-electron chi connectivity index (χ0n) is 7.57. The molecule has 5 heteroatoms. The van der Waals surface area contributed by atoms with Crippen LogP contribution < -0.4 is 0 Å². The van der Waals surface area contributed by atoms with Crippen LogP contribution in [-0.2, 0) is 19.1 Å². The Labute approximate surface area is 75.9 Å². The van der Waals surface area contributed by atoms with E-state index in [2.05, 4.69) is 0 Å². The quantitative estimate of drug-likeness (QED) is 0.366. The fraction of sp³-hybridized carbons (Fsp3) is 0.500. The van der Waals surface area contributed by atoms with Gasteiger partial charge >= 0.3 is 5.97 Å². The molecule has 0 fully saturated rings. The van der Waals surface area contributed by atoms with Crippen LogP contribution in [-0.4, -0.2) is 37.2 Å². The lowest BCUT2D eigenvalue weighted by atomic mass is 10.3. The summed E-state index contributed by atoms with van der Waals surface area (Å²) in [5, 5.41) is 8.28. The van der Waals surface area contributed by atoms with Gasteiger partial charge in [0.25, 0.3) is 5.78 Å². The predicted octanol–water partition coefficient (Wildman–Crippen LogP) is 0.207. The SMILES string of the molecule is CCO/C(=C\C(=O)C(=O)O)COC. The van der Waals surface area contributed by atoms with Crippen molar-refractivity contribution in [2.45, 2.75) is 6.92 Å². The normalized spacial score (nSPS) is 11.1. The highest BCUT2D eigenvalue weighted by Gasteiger charge is 2.10. The minimum Gasteiger partial charge on any atom is -0.496 e. The summed E-state index contributed by atoms with van der Waals surface area (Å²) < 4.78 is 9.65. The Kier molecular flexibility index (Phi) is 5.54. The number of methoxy groups -OCH3 is 1. The summed E-state index contributed by atoms with van der Waals surface area (Å²) >= 11 is 0. The van der Waals surface area contributed by atoms with E-state index in [0.29, 0.717) is 6.61 Å². The van der Waals surface area contributed by atoms with Crippen LogP contribution in [0.2, 0.25) is 0 Å². The standard InChI is InChI=1S/C8H12O5/c1-3-13-6(5-12-2)4-7(9)8(10)11/h4H,3,5H2,1-2H3,(H,10,11)/b6-4-. The number of carbonyl (C=O) groups excluding carboxylic acids is 1. The van der Waals surface area contributed by atoms with Gasteiger partial charge in [-0.05, 0) is 6.92 Å². The molecule has 0 saturated carbocycles. The monoisotopic (exact) mass is 188 g/mol. The summed E-state index contributed by atoms with van der Waals surface area (Å²) in [6, 6.07) is 0. The van der Waals surface area contributed by atoms with E-state index in [4.69, 9.17) is 14.6 Å². The lowest BCUT2D eigenvalue weighted by Gasteiger charge is -2.05. The average Bonchev–Trinajstić information content (AvgIpc) is 2.05. The summed E-state index contributed by atoms with van der Waals surface area (Å²) in [6.45, 7) is 2.18. The summed E-state index contributed by atoms with van der Waals surface area (Å²) in [5.74, 6) is -2.30. The second-order valence-corrected chi connectivity index (χ2v) is 2.15. The third-order valence-corrected chi connectivity index (χ3v) is 1.12. The van der Waals surface area contributed by atoms with E-state index in [-0.39, 0.29) is 12.4 Å². The number of carboxylic acid groups (broad SMARTS) is 1. The highest BCUT2D eigenvalue weighted by atomic mass is 16.5. The molecule has 74 valence electrons. The number of hydrogen-bond donors (Lipinski definition) is 1. The first kappa shape index (κ1) is 11.6. The molecule has 0 heterocycles. The minimum atomic E-state index is -1.51. The zero-order valence-corrected chi connectivity index (χ0v) is 7.57. The van der Waals surface area contributed by atoms with Crippen LogP contribution in [0.15, 0.2) is 11.8 Å². The Morgan fingerprint density at radius 3 is 2.46 bits per heavy atom. The molecule has 0 aromatic rings. The molecular formula is C8H12O5. The molecule has 0 aliphatic rings. The van der Waals surface area contributed by atoms with E-state index in [1.807, 2.05) is 0 Å². The largest absolute Gasteiger partial charge is 0.496 e. The Hall–Kier alpha value is -1.36. The van der Waals surface area contributed by atoms with Crippen molar-refractivity contribution in [1.82, 2.24) is 0 Å². The number of ether oxygens (including phenoxy) is 2. The highest BCUT2D eigenvalue weighted by molar-refractivity contribution is 6.37. The van der Waals surface area contributed by atoms with Crippen LogP contribution in [0.4, 0.5) is 0 Å². The molecule has 0 amide bonds. The Morgan fingerprint density at radius 1 is 1.46 bits per heavy atom. The van der Waals surface area contributed by atoms with Crippen LogP contribution in [0.3, 0.4) is 0 Å². The maximum absolute atomic E-state index is 10.7. The van der Waals surface area contributed by atoms with Gasteiger partial charge in [-0.1, -0.05) is 0 Å². The molecule has 13 heavy (non-hydrogen) atoms. The van der Waals surface area contributed by atoms with E-state index in [0.717, 1.165) is 6.08 Å². The summed E-state index contributed by atoms with van der Waals surface area (Å²) in [5.41, 5.74) is 0. The molecule has 0 aromatic heterocycles. The number of ketones is 1. The van der Waals surface area contributed by atoms with Gasteiger partial charge in [-0.25, -0.2) is 4.79 Å². The number of carbonyl (C=O) groups is 2. The van der Waals surface area contributed by atoms with Crippen molar-refractivity contribution in [3.63, 3.8) is 0 Å². The van der Waals surface area contributed by atoms with Crippen molar-refractivity contribution in [2.24, 2.45) is 0 Å². The van der Waals surface area contributed by atoms with Crippen molar-refractivity contribution < 1.29 is 24.2 Å². The van der Waals surface area contributed by atoms with E-state index in [1.165, 1.54) is 7.11 Å². The molecule has 0 radical (unpaired) electrons. The molecule has 0 aromatic carbocycles. The van der Waals surface area contributed by atoms with Gasteiger partial charge in [0.05, 0.1) is 6.61 Å². The smallest absolute Gasteiger partial charge is 0.376 e. The summed E-state index contributed by atoms with van der Waals surface area (Å²) in [4.78, 5) is 20.8. The molecular weight excluding hydrogens is 176 g/mol.